The second kappa shape index (κ2) is 5.64. The highest BCUT2D eigenvalue weighted by Crippen LogP contribution is 2.43. The van der Waals surface area contributed by atoms with Crippen LogP contribution in [0.5, 0.6) is 0 Å². The fourth-order valence-electron chi connectivity index (χ4n) is 3.50. The van der Waals surface area contributed by atoms with Crippen molar-refractivity contribution in [1.82, 2.24) is 0 Å². The van der Waals surface area contributed by atoms with Gasteiger partial charge in [0.1, 0.15) is 6.10 Å². The first-order chi connectivity index (χ1) is 8.98. The molecule has 0 aliphatic heterocycles. The van der Waals surface area contributed by atoms with Gasteiger partial charge in [0.25, 0.3) is 0 Å². The molecule has 0 radical (unpaired) electrons. The van der Waals surface area contributed by atoms with Gasteiger partial charge in [-0.2, -0.15) is 0 Å². The van der Waals surface area contributed by atoms with Gasteiger partial charge in [0.2, 0.25) is 0 Å². The summed E-state index contributed by atoms with van der Waals surface area (Å²) in [5.74, 6) is 0.620. The topological polar surface area (TPSA) is 29.5 Å². The molecule has 3 atom stereocenters. The van der Waals surface area contributed by atoms with Crippen LogP contribution in [0.15, 0.2) is 18.2 Å². The zero-order valence-electron chi connectivity index (χ0n) is 12.6. The minimum absolute atomic E-state index is 0.405. The summed E-state index contributed by atoms with van der Waals surface area (Å²) in [6.07, 6.45) is 3.74. The van der Waals surface area contributed by atoms with Gasteiger partial charge in [-0.3, -0.25) is 0 Å². The zero-order chi connectivity index (χ0) is 14.0. The Morgan fingerprint density at radius 1 is 1.37 bits per heavy atom. The number of aryl methyl sites for hydroxylation is 2. The molecular weight excluding hydrogens is 236 g/mol. The van der Waals surface area contributed by atoms with Gasteiger partial charge in [-0.25, -0.2) is 0 Å². The van der Waals surface area contributed by atoms with Crippen LogP contribution in [0.4, 0.5) is 0 Å². The van der Waals surface area contributed by atoms with Gasteiger partial charge < -0.3 is 9.84 Å². The van der Waals surface area contributed by atoms with Crippen LogP contribution in [0.2, 0.25) is 0 Å². The predicted molar refractivity (Wildman–Crippen MR) is 78.2 cm³/mol. The first kappa shape index (κ1) is 14.5. The van der Waals surface area contributed by atoms with Crippen molar-refractivity contribution in [3.8, 4) is 0 Å². The molecule has 0 heterocycles. The Hall–Kier alpha value is -0.860. The van der Waals surface area contributed by atoms with E-state index in [1.54, 1.807) is 7.11 Å². The van der Waals surface area contributed by atoms with E-state index in [-0.39, 0.29) is 0 Å². The third-order valence-electron chi connectivity index (χ3n) is 4.62. The highest BCUT2D eigenvalue weighted by atomic mass is 16.5. The van der Waals surface area contributed by atoms with Gasteiger partial charge in [0, 0.05) is 7.11 Å². The number of methoxy groups -OCH3 is 1. The lowest BCUT2D eigenvalue weighted by Crippen LogP contribution is -2.43. The summed E-state index contributed by atoms with van der Waals surface area (Å²) >= 11 is 0. The molecule has 106 valence electrons. The average Bonchev–Trinajstić information content (AvgIpc) is 2.38. The van der Waals surface area contributed by atoms with Crippen molar-refractivity contribution in [2.45, 2.75) is 58.2 Å². The van der Waals surface area contributed by atoms with Crippen molar-refractivity contribution in [2.75, 3.05) is 7.11 Å². The third-order valence-corrected chi connectivity index (χ3v) is 4.62. The second-order valence-corrected chi connectivity index (χ2v) is 6.23. The maximum atomic E-state index is 10.9. The van der Waals surface area contributed by atoms with Crippen molar-refractivity contribution in [1.29, 1.82) is 0 Å². The molecule has 1 aromatic rings. The van der Waals surface area contributed by atoms with Crippen LogP contribution < -0.4 is 0 Å². The molecule has 2 rings (SSSR count). The molecule has 0 amide bonds. The molecule has 0 saturated heterocycles. The molecule has 1 fully saturated rings. The van der Waals surface area contributed by atoms with Gasteiger partial charge in [-0.1, -0.05) is 43.5 Å². The molecule has 2 heteroatoms. The molecule has 1 N–H and O–H groups in total. The summed E-state index contributed by atoms with van der Waals surface area (Å²) in [5.41, 5.74) is 3.00. The normalized spacial score (nSPS) is 29.2. The fourth-order valence-corrected chi connectivity index (χ4v) is 3.50. The fraction of sp³-hybridized carbons (Fsp3) is 0.647. The van der Waals surface area contributed by atoms with Gasteiger partial charge in [-0.05, 0) is 43.7 Å². The monoisotopic (exact) mass is 262 g/mol. The first-order valence-corrected chi connectivity index (χ1v) is 7.29. The average molecular weight is 262 g/mol. The Labute approximate surface area is 116 Å². The van der Waals surface area contributed by atoms with Crippen molar-refractivity contribution < 1.29 is 9.84 Å². The lowest BCUT2D eigenvalue weighted by atomic mass is 9.73. The predicted octanol–water partition coefficient (Wildman–Crippen LogP) is 3.93. The van der Waals surface area contributed by atoms with Crippen LogP contribution in [-0.2, 0) is 4.74 Å². The molecule has 0 bridgehead atoms. The molecule has 0 spiro atoms. The Morgan fingerprint density at radius 3 is 2.68 bits per heavy atom. The highest BCUT2D eigenvalue weighted by molar-refractivity contribution is 5.33. The van der Waals surface area contributed by atoms with E-state index in [0.717, 1.165) is 30.4 Å². The number of benzene rings is 1. The molecule has 1 aromatic carbocycles. The van der Waals surface area contributed by atoms with Crippen molar-refractivity contribution in [3.63, 3.8) is 0 Å². The first-order valence-electron chi connectivity index (χ1n) is 7.29. The van der Waals surface area contributed by atoms with Crippen LogP contribution in [0.1, 0.15) is 55.4 Å². The van der Waals surface area contributed by atoms with Crippen molar-refractivity contribution >= 4 is 0 Å². The van der Waals surface area contributed by atoms with E-state index in [2.05, 4.69) is 39.0 Å². The van der Waals surface area contributed by atoms with Crippen LogP contribution in [0.25, 0.3) is 0 Å². The summed E-state index contributed by atoms with van der Waals surface area (Å²) in [7, 11) is 1.74. The van der Waals surface area contributed by atoms with E-state index in [4.69, 9.17) is 4.74 Å². The van der Waals surface area contributed by atoms with E-state index in [0.29, 0.717) is 5.92 Å². The summed E-state index contributed by atoms with van der Waals surface area (Å²) in [6, 6.07) is 6.25. The van der Waals surface area contributed by atoms with Crippen LogP contribution in [-0.4, -0.2) is 17.8 Å². The van der Waals surface area contributed by atoms with E-state index < -0.39 is 11.7 Å². The molecule has 1 aliphatic rings. The van der Waals surface area contributed by atoms with Gasteiger partial charge in [-0.15, -0.1) is 0 Å². The van der Waals surface area contributed by atoms with Crippen molar-refractivity contribution in [2.24, 2.45) is 5.92 Å². The maximum Gasteiger partial charge on any atom is 0.108 e. The summed E-state index contributed by atoms with van der Waals surface area (Å²) in [5, 5.41) is 10.9. The number of hydrogen-bond donors (Lipinski definition) is 1. The summed E-state index contributed by atoms with van der Waals surface area (Å²) in [6.45, 7) is 6.40. The quantitative estimate of drug-likeness (QED) is 0.894. The zero-order valence-corrected chi connectivity index (χ0v) is 12.6. The number of aliphatic hydroxyl groups is 1. The minimum Gasteiger partial charge on any atom is -0.385 e. The number of hydrogen-bond acceptors (Lipinski definition) is 2. The molecule has 1 aliphatic carbocycles. The smallest absolute Gasteiger partial charge is 0.108 e. The molecule has 0 aromatic heterocycles. The molecule has 3 unspecified atom stereocenters. The Morgan fingerprint density at radius 2 is 2.11 bits per heavy atom. The third kappa shape index (κ3) is 2.85. The molecule has 19 heavy (non-hydrogen) atoms. The highest BCUT2D eigenvalue weighted by Gasteiger charge is 2.42. The van der Waals surface area contributed by atoms with E-state index in [1.807, 2.05) is 0 Å². The lowest BCUT2D eigenvalue weighted by molar-refractivity contribution is -0.134. The van der Waals surface area contributed by atoms with E-state index in [1.165, 1.54) is 12.0 Å². The summed E-state index contributed by atoms with van der Waals surface area (Å²) < 4.78 is 5.80. The Bertz CT molecular complexity index is 441. The maximum absolute atomic E-state index is 10.9. The molecule has 1 saturated carbocycles. The van der Waals surface area contributed by atoms with Gasteiger partial charge in [0.15, 0.2) is 0 Å². The van der Waals surface area contributed by atoms with Crippen LogP contribution in [0.3, 0.4) is 0 Å². The number of aliphatic hydroxyl groups excluding tert-OH is 1. The standard InChI is InChI=1S/C17H26O2/c1-12-7-8-15(14(3)10-12)16(18)17(19-4)9-5-6-13(2)11-17/h7-8,10,13,16,18H,5-6,9,11H2,1-4H3. The van der Waals surface area contributed by atoms with Crippen molar-refractivity contribution in [3.05, 3.63) is 34.9 Å². The minimum atomic E-state index is -0.527. The molecule has 2 nitrogen and oxygen atoms in total. The Balaban J connectivity index is 2.32. The second-order valence-electron chi connectivity index (χ2n) is 6.23. The van der Waals surface area contributed by atoms with Crippen LogP contribution >= 0.6 is 0 Å². The SMILES string of the molecule is COC1(C(O)c2ccc(C)cc2C)CCCC(C)C1. The number of ether oxygens (including phenoxy) is 1. The lowest BCUT2D eigenvalue weighted by Gasteiger charge is -2.42. The van der Waals surface area contributed by atoms with Crippen LogP contribution in [0, 0.1) is 19.8 Å². The summed E-state index contributed by atoms with van der Waals surface area (Å²) in [4.78, 5) is 0. The number of rotatable bonds is 3. The van der Waals surface area contributed by atoms with E-state index >= 15 is 0 Å². The van der Waals surface area contributed by atoms with E-state index in [9.17, 15) is 5.11 Å². The Kier molecular flexibility index (Phi) is 4.32. The van der Waals surface area contributed by atoms with Gasteiger partial charge >= 0.3 is 0 Å². The largest absolute Gasteiger partial charge is 0.385 e. The van der Waals surface area contributed by atoms with Gasteiger partial charge in [0.05, 0.1) is 5.60 Å². The molecular formula is C17H26O2.